The minimum absolute atomic E-state index is 0.179. The van der Waals surface area contributed by atoms with E-state index < -0.39 is 0 Å². The number of nitrogens with two attached hydrogens (primary N) is 1. The third kappa shape index (κ3) is 3.67. The molecule has 0 amide bonds. The molecule has 3 heteroatoms. The molecule has 1 saturated carbocycles. The second-order valence-corrected chi connectivity index (χ2v) is 6.36. The Labute approximate surface area is 106 Å². The van der Waals surface area contributed by atoms with Crippen molar-refractivity contribution in [2.24, 2.45) is 5.73 Å². The van der Waals surface area contributed by atoms with Crippen LogP contribution >= 0.6 is 0 Å². The molecule has 0 aromatic heterocycles. The molecule has 2 aliphatic rings. The summed E-state index contributed by atoms with van der Waals surface area (Å²) >= 11 is 0. The fourth-order valence-corrected chi connectivity index (χ4v) is 3.37. The van der Waals surface area contributed by atoms with E-state index in [0.29, 0.717) is 0 Å². The first kappa shape index (κ1) is 13.3. The van der Waals surface area contributed by atoms with Gasteiger partial charge in [-0.15, -0.1) is 0 Å². The summed E-state index contributed by atoms with van der Waals surface area (Å²) < 4.78 is 0. The van der Waals surface area contributed by atoms with Gasteiger partial charge in [0.2, 0.25) is 0 Å². The first-order valence-corrected chi connectivity index (χ1v) is 7.27. The largest absolute Gasteiger partial charge is 0.325 e. The van der Waals surface area contributed by atoms with Crippen molar-refractivity contribution in [2.45, 2.75) is 56.5 Å². The molecule has 0 spiro atoms. The molecule has 0 bridgehead atoms. The maximum Gasteiger partial charge on any atom is 0.0166 e. The second-order valence-electron chi connectivity index (χ2n) is 6.36. The fourth-order valence-electron chi connectivity index (χ4n) is 3.37. The highest BCUT2D eigenvalue weighted by atomic mass is 15.2. The van der Waals surface area contributed by atoms with Gasteiger partial charge < -0.3 is 15.5 Å². The quantitative estimate of drug-likeness (QED) is 0.810. The molecular weight excluding hydrogens is 210 g/mol. The molecule has 2 fully saturated rings. The Bertz CT molecular complexity index is 226. The van der Waals surface area contributed by atoms with Gasteiger partial charge in [0.05, 0.1) is 0 Å². The van der Waals surface area contributed by atoms with Gasteiger partial charge in [-0.1, -0.05) is 12.8 Å². The van der Waals surface area contributed by atoms with Crippen LogP contribution in [-0.2, 0) is 0 Å². The molecule has 0 atom stereocenters. The van der Waals surface area contributed by atoms with Gasteiger partial charge in [0.25, 0.3) is 0 Å². The summed E-state index contributed by atoms with van der Waals surface area (Å²) in [5.41, 5.74) is 6.60. The standard InChI is InChI=1S/C14H29N3/c1-16(2)13-5-10-17(11-6-13)12-9-14(15)7-3-4-8-14/h13H,3-12,15H2,1-2H3. The number of likely N-dealkylation sites (tertiary alicyclic amines) is 1. The lowest BCUT2D eigenvalue weighted by Gasteiger charge is -2.36. The van der Waals surface area contributed by atoms with Crippen LogP contribution in [0.15, 0.2) is 0 Å². The van der Waals surface area contributed by atoms with E-state index in [1.54, 1.807) is 0 Å². The van der Waals surface area contributed by atoms with Gasteiger partial charge >= 0.3 is 0 Å². The fraction of sp³-hybridized carbons (Fsp3) is 1.00. The zero-order valence-corrected chi connectivity index (χ0v) is 11.6. The first-order chi connectivity index (χ1) is 8.09. The Morgan fingerprint density at radius 2 is 1.76 bits per heavy atom. The van der Waals surface area contributed by atoms with Crippen LogP contribution < -0.4 is 5.73 Å². The van der Waals surface area contributed by atoms with Crippen LogP contribution in [0.5, 0.6) is 0 Å². The second kappa shape index (κ2) is 5.68. The van der Waals surface area contributed by atoms with Crippen LogP contribution in [0, 0.1) is 0 Å². The van der Waals surface area contributed by atoms with E-state index in [-0.39, 0.29) is 5.54 Å². The first-order valence-electron chi connectivity index (χ1n) is 7.27. The zero-order chi connectivity index (χ0) is 12.3. The maximum atomic E-state index is 6.42. The van der Waals surface area contributed by atoms with Gasteiger partial charge in [0.1, 0.15) is 0 Å². The summed E-state index contributed by atoms with van der Waals surface area (Å²) in [6.45, 7) is 3.74. The molecule has 3 nitrogen and oxygen atoms in total. The van der Waals surface area contributed by atoms with Gasteiger partial charge in [-0.25, -0.2) is 0 Å². The molecule has 0 radical (unpaired) electrons. The third-order valence-corrected chi connectivity index (χ3v) is 4.81. The monoisotopic (exact) mass is 239 g/mol. The highest BCUT2D eigenvalue weighted by Gasteiger charge is 2.30. The molecule has 0 aromatic carbocycles. The van der Waals surface area contributed by atoms with Crippen LogP contribution in [0.2, 0.25) is 0 Å². The molecule has 1 aliphatic heterocycles. The number of hydrogen-bond acceptors (Lipinski definition) is 3. The van der Waals surface area contributed by atoms with E-state index in [4.69, 9.17) is 5.73 Å². The molecule has 1 aliphatic carbocycles. The third-order valence-electron chi connectivity index (χ3n) is 4.81. The highest BCUT2D eigenvalue weighted by Crippen LogP contribution is 2.30. The summed E-state index contributed by atoms with van der Waals surface area (Å²) in [6, 6.07) is 0.796. The van der Waals surface area contributed by atoms with Crippen molar-refractivity contribution in [1.82, 2.24) is 9.80 Å². The summed E-state index contributed by atoms with van der Waals surface area (Å²) in [5, 5.41) is 0. The predicted octanol–water partition coefficient (Wildman–Crippen LogP) is 1.67. The van der Waals surface area contributed by atoms with Crippen LogP contribution in [0.25, 0.3) is 0 Å². The topological polar surface area (TPSA) is 32.5 Å². The number of nitrogens with zero attached hydrogens (tertiary/aromatic N) is 2. The van der Waals surface area contributed by atoms with E-state index in [0.717, 1.165) is 6.04 Å². The van der Waals surface area contributed by atoms with Crippen LogP contribution in [0.3, 0.4) is 0 Å². The zero-order valence-electron chi connectivity index (χ0n) is 11.6. The van der Waals surface area contributed by atoms with Crippen molar-refractivity contribution in [3.8, 4) is 0 Å². The Morgan fingerprint density at radius 3 is 2.29 bits per heavy atom. The van der Waals surface area contributed by atoms with Crippen LogP contribution in [0.4, 0.5) is 0 Å². The van der Waals surface area contributed by atoms with Crippen molar-refractivity contribution < 1.29 is 0 Å². The molecule has 100 valence electrons. The lowest BCUT2D eigenvalue weighted by Crippen LogP contribution is -2.45. The summed E-state index contributed by atoms with van der Waals surface area (Å²) in [7, 11) is 4.40. The lowest BCUT2D eigenvalue weighted by molar-refractivity contribution is 0.136. The van der Waals surface area contributed by atoms with E-state index in [9.17, 15) is 0 Å². The van der Waals surface area contributed by atoms with E-state index >= 15 is 0 Å². The Balaban J connectivity index is 1.68. The van der Waals surface area contributed by atoms with Crippen molar-refractivity contribution >= 4 is 0 Å². The Morgan fingerprint density at radius 1 is 1.18 bits per heavy atom. The van der Waals surface area contributed by atoms with E-state index in [1.807, 2.05) is 0 Å². The van der Waals surface area contributed by atoms with Gasteiger partial charge in [0, 0.05) is 11.6 Å². The molecular formula is C14H29N3. The smallest absolute Gasteiger partial charge is 0.0166 e. The average molecular weight is 239 g/mol. The summed E-state index contributed by atoms with van der Waals surface area (Å²) in [5.74, 6) is 0. The summed E-state index contributed by atoms with van der Waals surface area (Å²) in [6.07, 6.45) is 9.05. The summed E-state index contributed by atoms with van der Waals surface area (Å²) in [4.78, 5) is 4.99. The Kier molecular flexibility index (Phi) is 4.45. The van der Waals surface area contributed by atoms with Gasteiger partial charge in [-0.2, -0.15) is 0 Å². The van der Waals surface area contributed by atoms with Gasteiger partial charge in [-0.05, 0) is 65.8 Å². The predicted molar refractivity (Wildman–Crippen MR) is 73.2 cm³/mol. The molecule has 1 heterocycles. The molecule has 0 aromatic rings. The minimum atomic E-state index is 0.179. The average Bonchev–Trinajstić information content (AvgIpc) is 2.75. The normalized spacial score (nSPS) is 26.8. The maximum absolute atomic E-state index is 6.42. The number of rotatable bonds is 4. The minimum Gasteiger partial charge on any atom is -0.325 e. The van der Waals surface area contributed by atoms with E-state index in [2.05, 4.69) is 23.9 Å². The van der Waals surface area contributed by atoms with Gasteiger partial charge in [0.15, 0.2) is 0 Å². The van der Waals surface area contributed by atoms with Crippen LogP contribution in [0.1, 0.15) is 44.9 Å². The van der Waals surface area contributed by atoms with Crippen molar-refractivity contribution in [2.75, 3.05) is 33.7 Å². The number of piperidine rings is 1. The van der Waals surface area contributed by atoms with Crippen LogP contribution in [-0.4, -0.2) is 55.1 Å². The SMILES string of the molecule is CN(C)C1CCN(CCC2(N)CCCC2)CC1. The molecule has 2 rings (SSSR count). The molecule has 0 unspecified atom stereocenters. The molecule has 17 heavy (non-hydrogen) atoms. The van der Waals surface area contributed by atoms with Crippen molar-refractivity contribution in [3.05, 3.63) is 0 Å². The highest BCUT2D eigenvalue weighted by molar-refractivity contribution is 4.90. The molecule has 2 N–H and O–H groups in total. The molecule has 1 saturated heterocycles. The van der Waals surface area contributed by atoms with Crippen molar-refractivity contribution in [3.63, 3.8) is 0 Å². The van der Waals surface area contributed by atoms with Gasteiger partial charge in [-0.3, -0.25) is 0 Å². The van der Waals surface area contributed by atoms with E-state index in [1.165, 1.54) is 64.6 Å². The Hall–Kier alpha value is -0.120. The van der Waals surface area contributed by atoms with Crippen molar-refractivity contribution in [1.29, 1.82) is 0 Å². The number of hydrogen-bond donors (Lipinski definition) is 1. The lowest BCUT2D eigenvalue weighted by atomic mass is 9.94.